The number of hydrogen-bond donors (Lipinski definition) is 2. The molecule has 3 unspecified atom stereocenters. The molecule has 2 aliphatic heterocycles. The van der Waals surface area contributed by atoms with Gasteiger partial charge < -0.3 is 10.6 Å². The molecule has 2 heterocycles. The summed E-state index contributed by atoms with van der Waals surface area (Å²) in [6.45, 7) is 5.16. The highest BCUT2D eigenvalue weighted by atomic mass is 32.2. The van der Waals surface area contributed by atoms with Gasteiger partial charge in [0.2, 0.25) is 15.9 Å². The number of anilines is 2. The summed E-state index contributed by atoms with van der Waals surface area (Å²) in [4.78, 5) is 23.3. The van der Waals surface area contributed by atoms with Gasteiger partial charge in [0.1, 0.15) is 5.69 Å². The third-order valence-electron chi connectivity index (χ3n) is 6.30. The van der Waals surface area contributed by atoms with Crippen molar-refractivity contribution in [1.29, 1.82) is 0 Å². The maximum absolute atomic E-state index is 13.1. The summed E-state index contributed by atoms with van der Waals surface area (Å²) >= 11 is 0. The summed E-state index contributed by atoms with van der Waals surface area (Å²) in [5.74, 6) is 0.0316. The largest absolute Gasteiger partial charge is 0.379 e. The second-order valence-corrected chi connectivity index (χ2v) is 11.0. The Morgan fingerprint density at radius 1 is 1.15 bits per heavy atom. The number of carbonyl (C=O) groups is 1. The van der Waals surface area contributed by atoms with Crippen LogP contribution in [0.5, 0.6) is 0 Å². The number of piperidine rings is 1. The Bertz CT molecular complexity index is 1170. The van der Waals surface area contributed by atoms with E-state index in [1.165, 1.54) is 16.4 Å². The number of amides is 1. The summed E-state index contributed by atoms with van der Waals surface area (Å²) < 4.78 is 27.7. The van der Waals surface area contributed by atoms with E-state index in [-0.39, 0.29) is 39.9 Å². The van der Waals surface area contributed by atoms with Gasteiger partial charge in [-0.25, -0.2) is 8.42 Å². The molecule has 2 aliphatic rings. The van der Waals surface area contributed by atoms with Crippen molar-refractivity contribution in [2.45, 2.75) is 37.5 Å². The molecule has 0 saturated carbocycles. The fraction of sp³-hybridized carbons (Fsp3) is 0.435. The summed E-state index contributed by atoms with van der Waals surface area (Å²) in [5.41, 5.74) is 1.62. The van der Waals surface area contributed by atoms with Crippen LogP contribution in [-0.4, -0.2) is 43.2 Å². The van der Waals surface area contributed by atoms with Crippen molar-refractivity contribution in [3.63, 3.8) is 0 Å². The van der Waals surface area contributed by atoms with E-state index in [9.17, 15) is 23.3 Å². The van der Waals surface area contributed by atoms with Crippen LogP contribution in [0.1, 0.15) is 38.2 Å². The zero-order chi connectivity index (χ0) is 23.8. The quantitative estimate of drug-likeness (QED) is 0.467. The molecule has 0 aromatic heterocycles. The monoisotopic (exact) mass is 472 g/mol. The van der Waals surface area contributed by atoms with E-state index in [4.69, 9.17) is 0 Å². The number of hydrogen-bond acceptors (Lipinski definition) is 6. The van der Waals surface area contributed by atoms with E-state index >= 15 is 0 Å². The predicted octanol–water partition coefficient (Wildman–Crippen LogP) is 3.80. The van der Waals surface area contributed by atoms with Crippen LogP contribution >= 0.6 is 0 Å². The molecule has 0 spiro atoms. The van der Waals surface area contributed by atoms with E-state index in [1.54, 1.807) is 0 Å². The van der Waals surface area contributed by atoms with Gasteiger partial charge in [0, 0.05) is 31.4 Å². The highest BCUT2D eigenvalue weighted by Crippen LogP contribution is 2.35. The minimum absolute atomic E-state index is 0.0786. The Kier molecular flexibility index (Phi) is 6.40. The smallest absolute Gasteiger partial charge is 0.293 e. The van der Waals surface area contributed by atoms with Crippen LogP contribution in [0.4, 0.5) is 17.1 Å². The fourth-order valence-electron chi connectivity index (χ4n) is 4.84. The molecule has 2 aromatic rings. The third kappa shape index (κ3) is 4.72. The number of benzene rings is 2. The molecule has 1 fully saturated rings. The molecular weight excluding hydrogens is 444 g/mol. The lowest BCUT2D eigenvalue weighted by atomic mass is 9.94. The topological polar surface area (TPSA) is 122 Å². The van der Waals surface area contributed by atoms with Crippen LogP contribution in [-0.2, 0) is 14.8 Å². The van der Waals surface area contributed by atoms with Crippen molar-refractivity contribution >= 4 is 33.0 Å². The molecule has 0 aliphatic carbocycles. The number of rotatable bonds is 7. The van der Waals surface area contributed by atoms with Crippen molar-refractivity contribution in [3.8, 4) is 0 Å². The summed E-state index contributed by atoms with van der Waals surface area (Å²) in [5, 5.41) is 17.6. The first-order valence-electron chi connectivity index (χ1n) is 11.1. The number of nitrogens with one attached hydrogen (secondary N) is 2. The number of sulfonamides is 1. The van der Waals surface area contributed by atoms with Gasteiger partial charge in [0.05, 0.1) is 15.7 Å². The van der Waals surface area contributed by atoms with Crippen molar-refractivity contribution in [2.24, 2.45) is 11.8 Å². The van der Waals surface area contributed by atoms with Crippen LogP contribution in [0.3, 0.4) is 0 Å². The summed E-state index contributed by atoms with van der Waals surface area (Å²) in [7, 11) is -3.83. The first-order valence-corrected chi connectivity index (χ1v) is 12.5. The van der Waals surface area contributed by atoms with Crippen molar-refractivity contribution in [3.05, 3.63) is 58.1 Å². The number of fused-ring (bicyclic) bond motifs is 1. The normalized spacial score (nSPS) is 23.1. The van der Waals surface area contributed by atoms with Crippen molar-refractivity contribution < 1.29 is 18.1 Å². The van der Waals surface area contributed by atoms with E-state index in [2.05, 4.69) is 10.6 Å². The van der Waals surface area contributed by atoms with Crippen LogP contribution in [0.2, 0.25) is 0 Å². The van der Waals surface area contributed by atoms with Gasteiger partial charge in [-0.2, -0.15) is 4.31 Å². The maximum atomic E-state index is 13.1. The van der Waals surface area contributed by atoms with E-state index in [0.717, 1.165) is 23.7 Å². The number of para-hydroxylation sites is 1. The van der Waals surface area contributed by atoms with Crippen LogP contribution < -0.4 is 10.6 Å². The maximum Gasteiger partial charge on any atom is 0.293 e. The predicted molar refractivity (Wildman–Crippen MR) is 126 cm³/mol. The Hall–Kier alpha value is -2.98. The standard InChI is InChI=1S/C23H28N4O5S/c1-15-11-16(2)14-26(13-15)33(31,32)17-7-8-21(22(12-17)27(29)30)24-10-9-19-18-5-3-4-6-20(18)25-23(19)28/h3-8,12,15-16,19,24H,9-11,13-14H2,1-2H3,(H,25,28). The fourth-order valence-corrected chi connectivity index (χ4v) is 6.54. The number of nitro groups is 1. The van der Waals surface area contributed by atoms with Gasteiger partial charge in [-0.1, -0.05) is 32.0 Å². The molecule has 2 N–H and O–H groups in total. The lowest BCUT2D eigenvalue weighted by molar-refractivity contribution is -0.384. The average molecular weight is 473 g/mol. The van der Waals surface area contributed by atoms with Gasteiger partial charge in [0.15, 0.2) is 0 Å². The van der Waals surface area contributed by atoms with Gasteiger partial charge in [0.25, 0.3) is 5.69 Å². The molecule has 33 heavy (non-hydrogen) atoms. The van der Waals surface area contributed by atoms with Crippen LogP contribution in [0, 0.1) is 22.0 Å². The average Bonchev–Trinajstić information content (AvgIpc) is 3.08. The highest BCUT2D eigenvalue weighted by Gasteiger charge is 2.33. The zero-order valence-electron chi connectivity index (χ0n) is 18.7. The Morgan fingerprint density at radius 3 is 2.55 bits per heavy atom. The molecule has 10 heteroatoms. The first kappa shape index (κ1) is 23.2. The summed E-state index contributed by atoms with van der Waals surface area (Å²) in [6, 6.07) is 11.4. The highest BCUT2D eigenvalue weighted by molar-refractivity contribution is 7.89. The van der Waals surface area contributed by atoms with Gasteiger partial charge >= 0.3 is 0 Å². The Balaban J connectivity index is 1.50. The lowest BCUT2D eigenvalue weighted by Crippen LogP contribution is -2.42. The molecular formula is C23H28N4O5S. The van der Waals surface area contributed by atoms with Gasteiger partial charge in [-0.15, -0.1) is 0 Å². The van der Waals surface area contributed by atoms with E-state index < -0.39 is 14.9 Å². The molecule has 176 valence electrons. The minimum Gasteiger partial charge on any atom is -0.379 e. The van der Waals surface area contributed by atoms with Crippen molar-refractivity contribution in [2.75, 3.05) is 30.3 Å². The molecule has 3 atom stereocenters. The zero-order valence-corrected chi connectivity index (χ0v) is 19.5. The molecule has 9 nitrogen and oxygen atoms in total. The van der Waals surface area contributed by atoms with Crippen LogP contribution in [0.15, 0.2) is 47.4 Å². The lowest BCUT2D eigenvalue weighted by Gasteiger charge is -2.34. The number of carbonyl (C=O) groups excluding carboxylic acids is 1. The SMILES string of the molecule is CC1CC(C)CN(S(=O)(=O)c2ccc(NCCC3C(=O)Nc4ccccc43)c([N+](=O)[O-])c2)C1. The second-order valence-electron chi connectivity index (χ2n) is 9.05. The van der Waals surface area contributed by atoms with Crippen molar-refractivity contribution in [1.82, 2.24) is 4.31 Å². The van der Waals surface area contributed by atoms with Gasteiger partial charge in [-0.3, -0.25) is 14.9 Å². The molecule has 4 rings (SSSR count). The molecule has 0 radical (unpaired) electrons. The Morgan fingerprint density at radius 2 is 1.85 bits per heavy atom. The van der Waals surface area contributed by atoms with Gasteiger partial charge in [-0.05, 0) is 48.4 Å². The molecule has 1 saturated heterocycles. The number of nitro benzene ring substituents is 1. The second kappa shape index (κ2) is 9.11. The minimum atomic E-state index is -3.83. The van der Waals surface area contributed by atoms with Crippen LogP contribution in [0.25, 0.3) is 0 Å². The third-order valence-corrected chi connectivity index (χ3v) is 8.13. The number of nitrogens with zero attached hydrogens (tertiary/aromatic N) is 2. The first-order chi connectivity index (χ1) is 15.7. The Labute approximate surface area is 193 Å². The molecule has 1 amide bonds. The molecule has 0 bridgehead atoms. The molecule has 2 aromatic carbocycles. The summed E-state index contributed by atoms with van der Waals surface area (Å²) in [6.07, 6.45) is 1.40. The van der Waals surface area contributed by atoms with E-state index in [1.807, 2.05) is 38.1 Å². The van der Waals surface area contributed by atoms with E-state index in [0.29, 0.717) is 26.1 Å².